The number of phenols is 1. The number of para-hydroxylation sites is 1. The number of hydrogen-bond acceptors (Lipinski definition) is 6. The molecule has 2 bridgehead atoms. The highest BCUT2D eigenvalue weighted by Crippen LogP contribution is 2.69. The molecule has 2 aromatic carbocycles. The summed E-state index contributed by atoms with van der Waals surface area (Å²) in [6.07, 6.45) is 10.9. The SMILES string of the molecule is Oc1ccc2c3c1O[C@H]1c4nc5ccccc5c(NCC5CCCCC5)c4C[C@@]4(O)[C@@H](C2)N(CC2CC2)CC[C@]314. The molecule has 4 atom stereocenters. The zero-order chi connectivity index (χ0) is 26.6. The average molecular weight is 538 g/mol. The van der Waals surface area contributed by atoms with Gasteiger partial charge in [-0.15, -0.1) is 0 Å². The Kier molecular flexibility index (Phi) is 4.98. The van der Waals surface area contributed by atoms with E-state index in [-0.39, 0.29) is 11.8 Å². The molecule has 2 saturated carbocycles. The minimum absolute atomic E-state index is 0.0294. The van der Waals surface area contributed by atoms with E-state index < -0.39 is 17.1 Å². The number of ether oxygens (including phenoxy) is 1. The van der Waals surface area contributed by atoms with E-state index in [1.165, 1.54) is 50.5 Å². The van der Waals surface area contributed by atoms with Gasteiger partial charge < -0.3 is 20.3 Å². The first-order chi connectivity index (χ1) is 19.6. The van der Waals surface area contributed by atoms with Gasteiger partial charge in [0, 0.05) is 47.8 Å². The highest BCUT2D eigenvalue weighted by molar-refractivity contribution is 5.94. The molecule has 208 valence electrons. The van der Waals surface area contributed by atoms with E-state index in [9.17, 15) is 10.2 Å². The van der Waals surface area contributed by atoms with Crippen LogP contribution in [0.1, 0.15) is 79.9 Å². The number of rotatable bonds is 5. The van der Waals surface area contributed by atoms with E-state index >= 15 is 0 Å². The van der Waals surface area contributed by atoms with Crippen LogP contribution in [-0.4, -0.2) is 51.4 Å². The minimum atomic E-state index is -0.991. The standard InChI is InChI=1S/C34H39N3O3/c38-26-13-12-22-16-27-34(39)17-24-29(35-18-20-6-2-1-3-7-20)23-8-4-5-9-25(23)36-30(24)32-33(34,28(22)31(26)40-32)14-15-37(27)19-21-10-11-21/h4-5,8-9,12-13,20-21,27,32,38-39H,1-3,6-7,10-11,14-19H2,(H,35,36)/t27-,32+,33+,34-/m1/s1. The largest absolute Gasteiger partial charge is 0.504 e. The summed E-state index contributed by atoms with van der Waals surface area (Å²) in [5, 5.41) is 29.3. The molecular weight excluding hydrogens is 498 g/mol. The van der Waals surface area contributed by atoms with Gasteiger partial charge in [-0.05, 0) is 74.6 Å². The number of nitrogens with one attached hydrogen (secondary N) is 1. The van der Waals surface area contributed by atoms with Crippen LogP contribution in [0.2, 0.25) is 0 Å². The predicted octanol–water partition coefficient (Wildman–Crippen LogP) is 5.63. The Morgan fingerprint density at radius 2 is 1.88 bits per heavy atom. The average Bonchev–Trinajstić information content (AvgIpc) is 3.71. The fourth-order valence-corrected chi connectivity index (χ4v) is 9.43. The number of pyridine rings is 1. The van der Waals surface area contributed by atoms with Gasteiger partial charge in [0.05, 0.1) is 22.2 Å². The van der Waals surface area contributed by atoms with Crippen LogP contribution in [0.15, 0.2) is 36.4 Å². The number of aromatic hydroxyl groups is 1. The molecule has 6 aliphatic rings. The molecule has 6 heteroatoms. The second-order valence-corrected chi connectivity index (χ2v) is 13.7. The first-order valence-electron chi connectivity index (χ1n) is 15.7. The smallest absolute Gasteiger partial charge is 0.166 e. The van der Waals surface area contributed by atoms with Crippen molar-refractivity contribution in [3.05, 3.63) is 58.8 Å². The third-order valence-electron chi connectivity index (χ3n) is 11.5. The number of nitrogens with zero attached hydrogens (tertiary/aromatic N) is 2. The van der Waals surface area contributed by atoms with Crippen molar-refractivity contribution in [2.24, 2.45) is 11.8 Å². The maximum absolute atomic E-state index is 13.2. The highest BCUT2D eigenvalue weighted by atomic mass is 16.5. The second-order valence-electron chi connectivity index (χ2n) is 13.7. The van der Waals surface area contributed by atoms with Crippen LogP contribution in [-0.2, 0) is 18.3 Å². The Balaban J connectivity index is 1.24. The molecule has 1 spiro atoms. The van der Waals surface area contributed by atoms with Crippen molar-refractivity contribution in [3.63, 3.8) is 0 Å². The van der Waals surface area contributed by atoms with Crippen LogP contribution >= 0.6 is 0 Å². The van der Waals surface area contributed by atoms with Gasteiger partial charge in [0.25, 0.3) is 0 Å². The Morgan fingerprint density at radius 3 is 2.73 bits per heavy atom. The van der Waals surface area contributed by atoms with Gasteiger partial charge in [-0.25, -0.2) is 4.98 Å². The van der Waals surface area contributed by atoms with Gasteiger partial charge in [-0.2, -0.15) is 0 Å². The quantitative estimate of drug-likeness (QED) is 0.392. The summed E-state index contributed by atoms with van der Waals surface area (Å²) in [4.78, 5) is 7.89. The lowest BCUT2D eigenvalue weighted by atomic mass is 9.48. The molecule has 1 saturated heterocycles. The number of aliphatic hydroxyl groups is 1. The maximum atomic E-state index is 13.2. The monoisotopic (exact) mass is 537 g/mol. The molecule has 1 aromatic heterocycles. The lowest BCUT2D eigenvalue weighted by molar-refractivity contribution is -0.173. The predicted molar refractivity (Wildman–Crippen MR) is 155 cm³/mol. The normalized spacial score (nSPS) is 32.4. The van der Waals surface area contributed by atoms with Crippen molar-refractivity contribution in [2.45, 2.75) is 87.4 Å². The number of piperidine rings is 1. The summed E-state index contributed by atoms with van der Waals surface area (Å²) in [7, 11) is 0. The summed E-state index contributed by atoms with van der Waals surface area (Å²) in [5.41, 5.74) is 4.87. The van der Waals surface area contributed by atoms with Gasteiger partial charge in [-0.1, -0.05) is 43.5 Å². The zero-order valence-corrected chi connectivity index (χ0v) is 23.2. The van der Waals surface area contributed by atoms with E-state index in [0.717, 1.165) is 71.8 Å². The van der Waals surface area contributed by atoms with Crippen molar-refractivity contribution in [1.82, 2.24) is 9.88 Å². The van der Waals surface area contributed by atoms with Gasteiger partial charge in [0.1, 0.15) is 0 Å². The third kappa shape index (κ3) is 3.10. The van der Waals surface area contributed by atoms with Crippen LogP contribution < -0.4 is 10.1 Å². The fraction of sp³-hybridized carbons (Fsp3) is 0.559. The molecule has 0 unspecified atom stereocenters. The molecule has 3 fully saturated rings. The van der Waals surface area contributed by atoms with Crippen LogP contribution in [0.5, 0.6) is 11.5 Å². The summed E-state index contributed by atoms with van der Waals surface area (Å²) >= 11 is 0. The number of benzene rings is 2. The van der Waals surface area contributed by atoms with Gasteiger partial charge in [0.15, 0.2) is 17.6 Å². The first kappa shape index (κ1) is 23.8. The van der Waals surface area contributed by atoms with E-state index in [1.54, 1.807) is 6.07 Å². The van der Waals surface area contributed by atoms with Crippen LogP contribution in [0, 0.1) is 11.8 Å². The van der Waals surface area contributed by atoms with Crippen molar-refractivity contribution < 1.29 is 14.9 Å². The maximum Gasteiger partial charge on any atom is 0.166 e. The van der Waals surface area contributed by atoms with Gasteiger partial charge in [-0.3, -0.25) is 4.90 Å². The number of phenolic OH excluding ortho intramolecular Hbond substituents is 1. The zero-order valence-electron chi connectivity index (χ0n) is 23.2. The number of likely N-dealkylation sites (tertiary alicyclic amines) is 1. The summed E-state index contributed by atoms with van der Waals surface area (Å²) in [6.45, 7) is 2.98. The third-order valence-corrected chi connectivity index (χ3v) is 11.5. The molecule has 6 nitrogen and oxygen atoms in total. The van der Waals surface area contributed by atoms with Gasteiger partial charge in [0.2, 0.25) is 0 Å². The molecule has 3 aromatic rings. The topological polar surface area (TPSA) is 77.8 Å². The van der Waals surface area contributed by atoms with Crippen LogP contribution in [0.25, 0.3) is 10.9 Å². The Bertz CT molecular complexity index is 1530. The lowest BCUT2D eigenvalue weighted by Gasteiger charge is -2.63. The van der Waals surface area contributed by atoms with Crippen LogP contribution in [0.3, 0.4) is 0 Å². The van der Waals surface area contributed by atoms with Crippen molar-refractivity contribution in [2.75, 3.05) is 25.0 Å². The summed E-state index contributed by atoms with van der Waals surface area (Å²) in [5.74, 6) is 2.21. The van der Waals surface area contributed by atoms with E-state index in [2.05, 4.69) is 40.5 Å². The number of aromatic nitrogens is 1. The second kappa shape index (κ2) is 8.36. The fourth-order valence-electron chi connectivity index (χ4n) is 9.43. The van der Waals surface area contributed by atoms with Crippen molar-refractivity contribution in [1.29, 1.82) is 0 Å². The summed E-state index contributed by atoms with van der Waals surface area (Å²) < 4.78 is 6.81. The molecule has 0 amide bonds. The number of hydrogen-bond donors (Lipinski definition) is 3. The van der Waals surface area contributed by atoms with Gasteiger partial charge >= 0.3 is 0 Å². The van der Waals surface area contributed by atoms with Crippen LogP contribution in [0.4, 0.5) is 5.69 Å². The summed E-state index contributed by atoms with van der Waals surface area (Å²) in [6, 6.07) is 12.3. The van der Waals surface area contributed by atoms with E-state index in [0.29, 0.717) is 18.1 Å². The highest BCUT2D eigenvalue weighted by Gasteiger charge is 2.73. The molecule has 9 rings (SSSR count). The van der Waals surface area contributed by atoms with Crippen molar-refractivity contribution >= 4 is 16.6 Å². The van der Waals surface area contributed by atoms with E-state index in [1.807, 2.05) is 0 Å². The molecular formula is C34H39N3O3. The Hall–Kier alpha value is -2.83. The first-order valence-corrected chi connectivity index (χ1v) is 15.7. The Morgan fingerprint density at radius 1 is 1.02 bits per heavy atom. The Labute approximate surface area is 235 Å². The number of anilines is 1. The van der Waals surface area contributed by atoms with Crippen molar-refractivity contribution in [3.8, 4) is 11.5 Å². The molecule has 0 radical (unpaired) electrons. The molecule has 3 heterocycles. The molecule has 4 aliphatic carbocycles. The molecule has 40 heavy (non-hydrogen) atoms. The lowest BCUT2D eigenvalue weighted by Crippen LogP contribution is -2.74. The van der Waals surface area contributed by atoms with E-state index in [4.69, 9.17) is 9.72 Å². The molecule has 3 N–H and O–H groups in total. The minimum Gasteiger partial charge on any atom is -0.504 e. The molecule has 2 aliphatic heterocycles. The number of fused-ring (bicyclic) bond motifs is 3.